The van der Waals surface area contributed by atoms with Crippen molar-refractivity contribution in [3.63, 3.8) is 0 Å². The van der Waals surface area contributed by atoms with Gasteiger partial charge in [-0.15, -0.1) is 11.6 Å². The van der Waals surface area contributed by atoms with E-state index in [0.29, 0.717) is 5.88 Å². The van der Waals surface area contributed by atoms with Crippen LogP contribution in [-0.2, 0) is 5.88 Å². The lowest BCUT2D eigenvalue weighted by Crippen LogP contribution is -1.98. The largest absolute Gasteiger partial charge is 0.238 e. The predicted molar refractivity (Wildman–Crippen MR) is 65.6 cm³/mol. The first-order chi connectivity index (χ1) is 7.22. The molecule has 0 N–H and O–H groups in total. The van der Waals surface area contributed by atoms with Crippen LogP contribution in [0.1, 0.15) is 11.3 Å². The smallest absolute Gasteiger partial charge is 0.0660 e. The molecular formula is C11H10BrClN2. The van der Waals surface area contributed by atoms with Crippen LogP contribution in [0.4, 0.5) is 0 Å². The highest BCUT2D eigenvalue weighted by Crippen LogP contribution is 2.18. The Morgan fingerprint density at radius 3 is 2.87 bits per heavy atom. The molecule has 1 aromatic heterocycles. The molecule has 0 atom stereocenters. The SMILES string of the molecule is Cc1c(CCl)cnn1-c1cccc(Br)c1. The van der Waals surface area contributed by atoms with Gasteiger partial charge in [0.05, 0.1) is 17.8 Å². The molecule has 0 spiro atoms. The summed E-state index contributed by atoms with van der Waals surface area (Å²) in [5, 5.41) is 4.31. The van der Waals surface area contributed by atoms with Gasteiger partial charge in [0.2, 0.25) is 0 Å². The number of alkyl halides is 1. The normalized spacial score (nSPS) is 10.6. The predicted octanol–water partition coefficient (Wildman–Crippen LogP) is 3.68. The molecule has 2 nitrogen and oxygen atoms in total. The Morgan fingerprint density at radius 2 is 2.27 bits per heavy atom. The number of hydrogen-bond donors (Lipinski definition) is 0. The molecule has 0 amide bonds. The number of halogens is 2. The molecule has 0 saturated heterocycles. The van der Waals surface area contributed by atoms with Crippen LogP contribution in [0.2, 0.25) is 0 Å². The molecule has 1 heterocycles. The van der Waals surface area contributed by atoms with Gasteiger partial charge >= 0.3 is 0 Å². The van der Waals surface area contributed by atoms with E-state index in [1.165, 1.54) is 0 Å². The first-order valence-electron chi connectivity index (χ1n) is 4.58. The third kappa shape index (κ3) is 2.08. The van der Waals surface area contributed by atoms with Crippen molar-refractivity contribution >= 4 is 27.5 Å². The number of benzene rings is 1. The van der Waals surface area contributed by atoms with Crippen molar-refractivity contribution in [2.75, 3.05) is 0 Å². The maximum absolute atomic E-state index is 5.80. The van der Waals surface area contributed by atoms with Gasteiger partial charge in [0, 0.05) is 15.7 Å². The van der Waals surface area contributed by atoms with Crippen molar-refractivity contribution in [2.24, 2.45) is 0 Å². The highest BCUT2D eigenvalue weighted by molar-refractivity contribution is 9.10. The topological polar surface area (TPSA) is 17.8 Å². The summed E-state index contributed by atoms with van der Waals surface area (Å²) in [7, 11) is 0. The van der Waals surface area contributed by atoms with Crippen LogP contribution in [0.3, 0.4) is 0 Å². The van der Waals surface area contributed by atoms with Gasteiger partial charge in [0.15, 0.2) is 0 Å². The van der Waals surface area contributed by atoms with Gasteiger partial charge in [-0.05, 0) is 25.1 Å². The zero-order valence-electron chi connectivity index (χ0n) is 8.24. The van der Waals surface area contributed by atoms with E-state index in [1.54, 1.807) is 0 Å². The van der Waals surface area contributed by atoms with E-state index in [0.717, 1.165) is 21.4 Å². The molecule has 0 saturated carbocycles. The second kappa shape index (κ2) is 4.37. The average Bonchev–Trinajstić information content (AvgIpc) is 2.59. The van der Waals surface area contributed by atoms with Crippen molar-refractivity contribution < 1.29 is 0 Å². The lowest BCUT2D eigenvalue weighted by molar-refractivity contribution is 0.845. The van der Waals surface area contributed by atoms with Crippen molar-refractivity contribution in [1.82, 2.24) is 9.78 Å². The Morgan fingerprint density at radius 1 is 1.47 bits per heavy atom. The van der Waals surface area contributed by atoms with Crippen molar-refractivity contribution in [3.05, 3.63) is 46.2 Å². The summed E-state index contributed by atoms with van der Waals surface area (Å²) >= 11 is 9.24. The summed E-state index contributed by atoms with van der Waals surface area (Å²) in [6.07, 6.45) is 1.81. The highest BCUT2D eigenvalue weighted by Gasteiger charge is 2.06. The maximum Gasteiger partial charge on any atom is 0.0660 e. The lowest BCUT2D eigenvalue weighted by Gasteiger charge is -2.05. The summed E-state index contributed by atoms with van der Waals surface area (Å²) in [6, 6.07) is 8.02. The van der Waals surface area contributed by atoms with Crippen LogP contribution >= 0.6 is 27.5 Å². The average molecular weight is 286 g/mol. The monoisotopic (exact) mass is 284 g/mol. The van der Waals surface area contributed by atoms with Gasteiger partial charge in [-0.1, -0.05) is 22.0 Å². The fourth-order valence-electron chi connectivity index (χ4n) is 1.44. The van der Waals surface area contributed by atoms with E-state index in [1.807, 2.05) is 42.1 Å². The Balaban J connectivity index is 2.49. The fraction of sp³-hybridized carbons (Fsp3) is 0.182. The Bertz CT molecular complexity index is 479. The van der Waals surface area contributed by atoms with Crippen LogP contribution in [0.5, 0.6) is 0 Å². The van der Waals surface area contributed by atoms with Gasteiger partial charge in [0.25, 0.3) is 0 Å². The molecule has 0 fully saturated rings. The molecule has 0 unspecified atom stereocenters. The molecule has 2 aromatic rings. The Labute approximate surface area is 102 Å². The molecule has 0 aliphatic heterocycles. The number of hydrogen-bond acceptors (Lipinski definition) is 1. The van der Waals surface area contributed by atoms with E-state index < -0.39 is 0 Å². The van der Waals surface area contributed by atoms with E-state index in [4.69, 9.17) is 11.6 Å². The number of aromatic nitrogens is 2. The minimum atomic E-state index is 0.500. The zero-order valence-corrected chi connectivity index (χ0v) is 10.6. The summed E-state index contributed by atoms with van der Waals surface area (Å²) in [5.41, 5.74) is 3.19. The van der Waals surface area contributed by atoms with Crippen LogP contribution in [0.25, 0.3) is 5.69 Å². The van der Waals surface area contributed by atoms with Crippen LogP contribution in [0, 0.1) is 6.92 Å². The molecule has 1 aromatic carbocycles. The van der Waals surface area contributed by atoms with Gasteiger partial charge in [-0.25, -0.2) is 4.68 Å². The quantitative estimate of drug-likeness (QED) is 0.770. The summed E-state index contributed by atoms with van der Waals surface area (Å²) in [5.74, 6) is 0.500. The zero-order chi connectivity index (χ0) is 10.8. The second-order valence-corrected chi connectivity index (χ2v) is 4.46. The highest BCUT2D eigenvalue weighted by atomic mass is 79.9. The van der Waals surface area contributed by atoms with Crippen molar-refractivity contribution in [2.45, 2.75) is 12.8 Å². The number of nitrogens with zero attached hydrogens (tertiary/aromatic N) is 2. The van der Waals surface area contributed by atoms with Gasteiger partial charge in [-0.2, -0.15) is 5.10 Å². The van der Waals surface area contributed by atoms with Crippen LogP contribution in [-0.4, -0.2) is 9.78 Å². The molecule has 78 valence electrons. The van der Waals surface area contributed by atoms with Gasteiger partial charge in [-0.3, -0.25) is 0 Å². The minimum absolute atomic E-state index is 0.500. The molecule has 4 heteroatoms. The van der Waals surface area contributed by atoms with Crippen LogP contribution in [0.15, 0.2) is 34.9 Å². The standard InChI is InChI=1S/C11H10BrClN2/c1-8-9(6-13)7-14-15(8)11-4-2-3-10(12)5-11/h2-5,7H,6H2,1H3. The third-order valence-corrected chi connectivity index (χ3v) is 3.09. The Kier molecular flexibility index (Phi) is 3.12. The second-order valence-electron chi connectivity index (χ2n) is 3.28. The van der Waals surface area contributed by atoms with E-state index in [-0.39, 0.29) is 0 Å². The summed E-state index contributed by atoms with van der Waals surface area (Å²) < 4.78 is 2.94. The van der Waals surface area contributed by atoms with Gasteiger partial charge < -0.3 is 0 Å². The fourth-order valence-corrected chi connectivity index (χ4v) is 2.09. The van der Waals surface area contributed by atoms with Crippen molar-refractivity contribution in [3.8, 4) is 5.69 Å². The first kappa shape index (κ1) is 10.7. The van der Waals surface area contributed by atoms with E-state index in [9.17, 15) is 0 Å². The minimum Gasteiger partial charge on any atom is -0.238 e. The molecule has 15 heavy (non-hydrogen) atoms. The summed E-state index contributed by atoms with van der Waals surface area (Å²) in [4.78, 5) is 0. The molecule has 2 rings (SSSR count). The Hall–Kier alpha value is -0.800. The van der Waals surface area contributed by atoms with Gasteiger partial charge in [0.1, 0.15) is 0 Å². The van der Waals surface area contributed by atoms with Crippen LogP contribution < -0.4 is 0 Å². The lowest BCUT2D eigenvalue weighted by atomic mass is 10.3. The molecule has 0 aliphatic carbocycles. The van der Waals surface area contributed by atoms with E-state index in [2.05, 4.69) is 21.0 Å². The summed E-state index contributed by atoms with van der Waals surface area (Å²) in [6.45, 7) is 2.02. The molecular weight excluding hydrogens is 275 g/mol. The van der Waals surface area contributed by atoms with E-state index >= 15 is 0 Å². The maximum atomic E-state index is 5.80. The molecule has 0 bridgehead atoms. The number of rotatable bonds is 2. The molecule has 0 radical (unpaired) electrons. The molecule has 0 aliphatic rings. The first-order valence-corrected chi connectivity index (χ1v) is 5.90. The third-order valence-electron chi connectivity index (χ3n) is 2.31. The van der Waals surface area contributed by atoms with Crippen molar-refractivity contribution in [1.29, 1.82) is 0 Å².